The maximum Gasteiger partial charge on any atom is 0.323 e. The van der Waals surface area contributed by atoms with Crippen molar-refractivity contribution in [2.75, 3.05) is 13.2 Å². The average Bonchev–Trinajstić information content (AvgIpc) is 3.31. The number of nitrogens with two attached hydrogens (primary N) is 1. The van der Waals surface area contributed by atoms with E-state index in [9.17, 15) is 15.2 Å². The topological polar surface area (TPSA) is 106 Å². The summed E-state index contributed by atoms with van der Waals surface area (Å²) >= 11 is 0. The predicted octanol–water partition coefficient (Wildman–Crippen LogP) is 6.89. The smallest absolute Gasteiger partial charge is 0.323 e. The van der Waals surface area contributed by atoms with Gasteiger partial charge in [-0.1, -0.05) is 63.2 Å². The summed E-state index contributed by atoms with van der Waals surface area (Å²) < 4.78 is 11.2. The van der Waals surface area contributed by atoms with Crippen molar-refractivity contribution in [1.82, 2.24) is 0 Å². The van der Waals surface area contributed by atoms with E-state index < -0.39 is 17.6 Å². The Hall–Kier alpha value is -3.40. The van der Waals surface area contributed by atoms with E-state index in [0.29, 0.717) is 41.6 Å². The molecule has 3 N–H and O–H groups in total. The number of esters is 1. The van der Waals surface area contributed by atoms with Crippen LogP contribution in [0.3, 0.4) is 0 Å². The number of rotatable bonds is 7. The first kappa shape index (κ1) is 30.6. The maximum absolute atomic E-state index is 12.3. The summed E-state index contributed by atoms with van der Waals surface area (Å²) in [6.45, 7) is 7.00. The third-order valence-corrected chi connectivity index (χ3v) is 11.6. The number of carbonyl (C=O) groups is 1. The lowest BCUT2D eigenvalue weighted by Crippen LogP contribution is -2.54. The average molecular weight is 595 g/mol. The number of ether oxygens (including phenoxy) is 2. The minimum absolute atomic E-state index is 0.0111. The lowest BCUT2D eigenvalue weighted by atomic mass is 9.47. The van der Waals surface area contributed by atoms with Gasteiger partial charge in [0, 0.05) is 5.41 Å². The highest BCUT2D eigenvalue weighted by molar-refractivity contribution is 5.75. The molecular formula is C38H46N2O4. The number of hydrogen-bond acceptors (Lipinski definition) is 6. The van der Waals surface area contributed by atoms with Crippen molar-refractivity contribution in [2.45, 2.75) is 76.9 Å². The van der Waals surface area contributed by atoms with Crippen LogP contribution in [-0.2, 0) is 14.3 Å². The van der Waals surface area contributed by atoms with Crippen LogP contribution < -0.4 is 5.73 Å². The number of allylic oxidation sites excluding steroid dienone is 1. The molecule has 0 aromatic heterocycles. The number of hydrogen-bond donors (Lipinski definition) is 2. The minimum atomic E-state index is -0.971. The zero-order chi connectivity index (χ0) is 31.1. The molecule has 0 saturated heterocycles. The summed E-state index contributed by atoms with van der Waals surface area (Å²) in [5, 5.41) is 21.5. The van der Waals surface area contributed by atoms with Crippen LogP contribution in [0.25, 0.3) is 11.1 Å². The van der Waals surface area contributed by atoms with Crippen LogP contribution in [0, 0.1) is 46.3 Å². The summed E-state index contributed by atoms with van der Waals surface area (Å²) in [5.41, 5.74) is 10.4. The molecule has 1 heterocycles. The second kappa shape index (κ2) is 12.2. The normalized spacial score (nSPS) is 33.4. The SMILES string of the molecule is CC(C)[C@H](N)C(=O)OC/C=C\[C@]1(O)CCC2C3CCC4=COCCC4C3[C@@H](c3ccc(-c4ccc(C#N)cc4)cc3)C[C@@]21C. The molecule has 0 bridgehead atoms. The fraction of sp³-hybridized carbons (Fsp3) is 0.526. The Bertz CT molecular complexity index is 1460. The van der Waals surface area contributed by atoms with E-state index in [4.69, 9.17) is 15.2 Å². The molecule has 4 aliphatic rings. The number of carbonyl (C=O) groups excluding carboxylic acids is 1. The fourth-order valence-electron chi connectivity index (χ4n) is 9.11. The van der Waals surface area contributed by atoms with E-state index in [2.05, 4.69) is 37.3 Å². The van der Waals surface area contributed by atoms with Crippen molar-refractivity contribution in [3.8, 4) is 17.2 Å². The number of fused-ring (bicyclic) bond motifs is 5. The monoisotopic (exact) mass is 594 g/mol. The summed E-state index contributed by atoms with van der Waals surface area (Å²) in [6, 6.07) is 18.3. The van der Waals surface area contributed by atoms with Gasteiger partial charge >= 0.3 is 5.97 Å². The van der Waals surface area contributed by atoms with Crippen molar-refractivity contribution >= 4 is 5.97 Å². The van der Waals surface area contributed by atoms with Crippen molar-refractivity contribution in [1.29, 1.82) is 5.26 Å². The molecule has 0 spiro atoms. The van der Waals surface area contributed by atoms with Crippen LogP contribution in [0.4, 0.5) is 0 Å². The molecular weight excluding hydrogens is 548 g/mol. The summed E-state index contributed by atoms with van der Waals surface area (Å²) in [5.74, 6) is 1.91. The summed E-state index contributed by atoms with van der Waals surface area (Å²) in [7, 11) is 0. The Labute approximate surface area is 261 Å². The molecule has 0 radical (unpaired) electrons. The molecule has 232 valence electrons. The zero-order valence-corrected chi connectivity index (χ0v) is 26.2. The Morgan fingerprint density at radius 1 is 1.11 bits per heavy atom. The zero-order valence-electron chi connectivity index (χ0n) is 26.2. The lowest BCUT2D eigenvalue weighted by molar-refractivity contribution is -0.145. The molecule has 6 nitrogen and oxygen atoms in total. The van der Waals surface area contributed by atoms with Gasteiger partial charge in [0.05, 0.1) is 30.1 Å². The summed E-state index contributed by atoms with van der Waals surface area (Å²) in [6.07, 6.45) is 11.7. The first-order chi connectivity index (χ1) is 21.1. The highest BCUT2D eigenvalue weighted by Gasteiger charge is 2.64. The molecule has 6 rings (SSSR count). The van der Waals surface area contributed by atoms with E-state index in [-0.39, 0.29) is 17.9 Å². The number of benzene rings is 2. The Morgan fingerprint density at radius 3 is 2.50 bits per heavy atom. The molecule has 8 atom stereocenters. The van der Waals surface area contributed by atoms with Gasteiger partial charge in [0.25, 0.3) is 0 Å². The van der Waals surface area contributed by atoms with Gasteiger partial charge < -0.3 is 20.3 Å². The van der Waals surface area contributed by atoms with Gasteiger partial charge in [-0.2, -0.15) is 5.26 Å². The highest BCUT2D eigenvalue weighted by atomic mass is 16.5. The standard InChI is InChI=1S/C38H46N2O4/c1-24(2)35(40)36(41)44-19-4-17-38(42)18-15-33-31-14-13-29-23-43-20-16-30(29)34(31)32(21-37(33,38)3)28-11-9-27(10-12-28)26-7-5-25(22-39)6-8-26/h4-12,17,23-24,30-35,42H,13-16,18-21,40H2,1-3H3/b17-4-/t30?,31?,32-,33?,34?,35+,37+,38+/m1/s1. The van der Waals surface area contributed by atoms with Crippen LogP contribution >= 0.6 is 0 Å². The van der Waals surface area contributed by atoms with Crippen LogP contribution in [0.2, 0.25) is 0 Å². The predicted molar refractivity (Wildman–Crippen MR) is 171 cm³/mol. The molecule has 2 aromatic rings. The van der Waals surface area contributed by atoms with E-state index >= 15 is 0 Å². The minimum Gasteiger partial charge on any atom is -0.501 e. The molecule has 2 aromatic carbocycles. The van der Waals surface area contributed by atoms with Gasteiger partial charge in [-0.25, -0.2) is 0 Å². The van der Waals surface area contributed by atoms with Crippen LogP contribution in [0.5, 0.6) is 0 Å². The van der Waals surface area contributed by atoms with E-state index in [1.54, 1.807) is 0 Å². The van der Waals surface area contributed by atoms with Crippen LogP contribution in [-0.4, -0.2) is 35.9 Å². The number of nitrogens with zero attached hydrogens (tertiary/aromatic N) is 1. The summed E-state index contributed by atoms with van der Waals surface area (Å²) in [4.78, 5) is 12.3. The highest BCUT2D eigenvalue weighted by Crippen LogP contribution is 2.68. The van der Waals surface area contributed by atoms with E-state index in [0.717, 1.165) is 49.8 Å². The molecule has 1 aliphatic heterocycles. The van der Waals surface area contributed by atoms with Gasteiger partial charge in [-0.3, -0.25) is 4.79 Å². The molecule has 44 heavy (non-hydrogen) atoms. The third-order valence-electron chi connectivity index (χ3n) is 11.6. The quantitative estimate of drug-likeness (QED) is 0.267. The number of aliphatic hydroxyl groups is 1. The van der Waals surface area contributed by atoms with Crippen molar-refractivity contribution in [2.24, 2.45) is 40.7 Å². The Kier molecular flexibility index (Phi) is 8.48. The van der Waals surface area contributed by atoms with Crippen LogP contribution in [0.1, 0.15) is 76.3 Å². The van der Waals surface area contributed by atoms with E-state index in [1.807, 2.05) is 56.5 Å². The lowest BCUT2D eigenvalue weighted by Gasteiger charge is -2.58. The van der Waals surface area contributed by atoms with Crippen molar-refractivity contribution in [3.05, 3.63) is 83.6 Å². The Morgan fingerprint density at radius 2 is 1.82 bits per heavy atom. The van der Waals surface area contributed by atoms with Gasteiger partial charge in [0.2, 0.25) is 0 Å². The van der Waals surface area contributed by atoms with Gasteiger partial charge in [-0.15, -0.1) is 0 Å². The fourth-order valence-corrected chi connectivity index (χ4v) is 9.11. The van der Waals surface area contributed by atoms with Gasteiger partial charge in [-0.05, 0) is 115 Å². The maximum atomic E-state index is 12.3. The first-order valence-electron chi connectivity index (χ1n) is 16.4. The largest absolute Gasteiger partial charge is 0.501 e. The second-order valence-corrected chi connectivity index (χ2v) is 14.1. The molecule has 3 saturated carbocycles. The van der Waals surface area contributed by atoms with Crippen LogP contribution in [0.15, 0.2) is 72.5 Å². The van der Waals surface area contributed by atoms with Crippen molar-refractivity contribution in [3.63, 3.8) is 0 Å². The number of nitriles is 1. The van der Waals surface area contributed by atoms with E-state index in [1.165, 1.54) is 11.1 Å². The third kappa shape index (κ3) is 5.39. The molecule has 3 fully saturated rings. The van der Waals surface area contributed by atoms with Gasteiger partial charge in [0.1, 0.15) is 12.6 Å². The molecule has 6 heteroatoms. The molecule has 4 unspecified atom stereocenters. The molecule has 0 amide bonds. The van der Waals surface area contributed by atoms with Gasteiger partial charge in [0.15, 0.2) is 0 Å². The second-order valence-electron chi connectivity index (χ2n) is 14.1. The van der Waals surface area contributed by atoms with Crippen molar-refractivity contribution < 1.29 is 19.4 Å². The Balaban J connectivity index is 1.29. The molecule has 3 aliphatic carbocycles. The first-order valence-corrected chi connectivity index (χ1v) is 16.4.